The fourth-order valence-corrected chi connectivity index (χ4v) is 5.10. The summed E-state index contributed by atoms with van der Waals surface area (Å²) in [5.41, 5.74) is 7.41. The van der Waals surface area contributed by atoms with Gasteiger partial charge in [-0.3, -0.25) is 9.69 Å². The van der Waals surface area contributed by atoms with Gasteiger partial charge in [0.2, 0.25) is 11.8 Å². The number of carbonyl (C=O) groups excluding carboxylic acids is 1. The molecule has 33 heavy (non-hydrogen) atoms. The lowest BCUT2D eigenvalue weighted by molar-refractivity contribution is -0.117. The van der Waals surface area contributed by atoms with Crippen molar-refractivity contribution >= 4 is 29.0 Å². The van der Waals surface area contributed by atoms with E-state index in [9.17, 15) is 4.79 Å². The molecule has 1 aliphatic heterocycles. The Labute approximate surface area is 197 Å². The number of benzene rings is 3. The zero-order valence-corrected chi connectivity index (χ0v) is 19.7. The van der Waals surface area contributed by atoms with E-state index >= 15 is 0 Å². The molecule has 1 aliphatic rings. The minimum absolute atomic E-state index is 0.00653. The summed E-state index contributed by atoms with van der Waals surface area (Å²) < 4.78 is 5.92. The van der Waals surface area contributed by atoms with Gasteiger partial charge < -0.3 is 4.42 Å². The number of hydrogen-bond donors (Lipinski definition) is 0. The number of nitrogens with zero attached hydrogens (tertiary/aromatic N) is 3. The molecule has 0 saturated carbocycles. The number of aromatic nitrogens is 2. The van der Waals surface area contributed by atoms with Gasteiger partial charge in [0.15, 0.2) is 0 Å². The van der Waals surface area contributed by atoms with Crippen molar-refractivity contribution in [3.8, 4) is 11.5 Å². The molecule has 2 heterocycles. The molecule has 0 fully saturated rings. The second-order valence-electron chi connectivity index (χ2n) is 8.44. The Kier molecular flexibility index (Phi) is 5.77. The quantitative estimate of drug-likeness (QED) is 0.338. The predicted molar refractivity (Wildman–Crippen MR) is 132 cm³/mol. The third-order valence-corrected chi connectivity index (χ3v) is 6.77. The van der Waals surface area contributed by atoms with Crippen LogP contribution in [0.4, 0.5) is 11.4 Å². The molecule has 0 bridgehead atoms. The normalized spacial score (nSPS) is 13.7. The van der Waals surface area contributed by atoms with Crippen LogP contribution in [0.3, 0.4) is 0 Å². The average Bonchev–Trinajstić information content (AvgIpc) is 3.20. The Morgan fingerprint density at radius 3 is 2.09 bits per heavy atom. The van der Waals surface area contributed by atoms with Gasteiger partial charge in [0.25, 0.3) is 5.22 Å². The summed E-state index contributed by atoms with van der Waals surface area (Å²) in [4.78, 5) is 15.6. The standard InChI is InChI=1S/C27H25N3O2S/c1-17-14-18(2)16-22(15-17)25-28-29-27(32-25)33-19(3)26(31)30-23-10-6-4-8-20(23)12-13-21-9-5-7-11-24(21)30/h4-11,14-16,19H,12-13H2,1-3H3/t19-/m1/s1. The van der Waals surface area contributed by atoms with E-state index in [1.54, 1.807) is 0 Å². The maximum Gasteiger partial charge on any atom is 0.277 e. The monoisotopic (exact) mass is 455 g/mol. The number of carbonyl (C=O) groups is 1. The average molecular weight is 456 g/mol. The topological polar surface area (TPSA) is 59.2 Å². The first-order valence-corrected chi connectivity index (χ1v) is 12.0. The maximum absolute atomic E-state index is 13.8. The summed E-state index contributed by atoms with van der Waals surface area (Å²) in [5.74, 6) is 0.461. The van der Waals surface area contributed by atoms with E-state index in [2.05, 4.69) is 28.4 Å². The largest absolute Gasteiger partial charge is 0.411 e. The van der Waals surface area contributed by atoms with Gasteiger partial charge in [-0.15, -0.1) is 10.2 Å². The molecular formula is C27H25N3O2S. The lowest BCUT2D eigenvalue weighted by Crippen LogP contribution is -2.33. The molecule has 6 heteroatoms. The number of aryl methyl sites for hydroxylation is 4. The van der Waals surface area contributed by atoms with Gasteiger partial charge in [0, 0.05) is 5.56 Å². The minimum Gasteiger partial charge on any atom is -0.411 e. The molecule has 0 aliphatic carbocycles. The Morgan fingerprint density at radius 1 is 0.909 bits per heavy atom. The first-order valence-electron chi connectivity index (χ1n) is 11.1. The summed E-state index contributed by atoms with van der Waals surface area (Å²) in [6.45, 7) is 5.98. The van der Waals surface area contributed by atoms with Gasteiger partial charge in [-0.05, 0) is 69.0 Å². The number of para-hydroxylation sites is 2. The third kappa shape index (κ3) is 4.31. The number of fused-ring (bicyclic) bond motifs is 2. The van der Waals surface area contributed by atoms with E-state index in [0.29, 0.717) is 11.1 Å². The van der Waals surface area contributed by atoms with E-state index < -0.39 is 5.25 Å². The van der Waals surface area contributed by atoms with Crippen LogP contribution in [0.15, 0.2) is 76.4 Å². The molecule has 4 aromatic rings. The summed E-state index contributed by atoms with van der Waals surface area (Å²) >= 11 is 1.29. The van der Waals surface area contributed by atoms with Crippen LogP contribution in [0, 0.1) is 13.8 Å². The molecule has 5 rings (SSSR count). The van der Waals surface area contributed by atoms with Gasteiger partial charge in [-0.25, -0.2) is 0 Å². The van der Waals surface area contributed by atoms with Gasteiger partial charge in [0.1, 0.15) is 0 Å². The van der Waals surface area contributed by atoms with Crippen LogP contribution in [-0.2, 0) is 17.6 Å². The number of anilines is 2. The summed E-state index contributed by atoms with van der Waals surface area (Å²) in [6, 6.07) is 22.4. The Morgan fingerprint density at radius 2 is 1.48 bits per heavy atom. The summed E-state index contributed by atoms with van der Waals surface area (Å²) in [6.07, 6.45) is 1.81. The van der Waals surface area contributed by atoms with E-state index in [0.717, 1.165) is 40.9 Å². The van der Waals surface area contributed by atoms with Crippen molar-refractivity contribution in [1.29, 1.82) is 0 Å². The molecule has 3 aromatic carbocycles. The van der Waals surface area contributed by atoms with Crippen molar-refractivity contribution in [1.82, 2.24) is 10.2 Å². The lowest BCUT2D eigenvalue weighted by atomic mass is 10.0. The van der Waals surface area contributed by atoms with Crippen LogP contribution in [0.1, 0.15) is 29.2 Å². The highest BCUT2D eigenvalue weighted by Crippen LogP contribution is 2.38. The molecule has 0 saturated heterocycles. The second-order valence-corrected chi connectivity index (χ2v) is 9.73. The fraction of sp³-hybridized carbons (Fsp3) is 0.222. The number of thioether (sulfide) groups is 1. The van der Waals surface area contributed by atoms with E-state index in [1.807, 2.05) is 74.2 Å². The molecule has 1 atom stereocenters. The van der Waals surface area contributed by atoms with Crippen LogP contribution in [0.25, 0.3) is 11.5 Å². The Balaban J connectivity index is 1.43. The van der Waals surface area contributed by atoms with Crippen molar-refractivity contribution in [2.45, 2.75) is 44.1 Å². The Hall–Kier alpha value is -3.38. The van der Waals surface area contributed by atoms with Crippen LogP contribution >= 0.6 is 11.8 Å². The van der Waals surface area contributed by atoms with Crippen molar-refractivity contribution < 1.29 is 9.21 Å². The van der Waals surface area contributed by atoms with Crippen molar-refractivity contribution in [3.63, 3.8) is 0 Å². The number of amides is 1. The lowest BCUT2D eigenvalue weighted by Gasteiger charge is -2.27. The highest BCUT2D eigenvalue weighted by atomic mass is 32.2. The van der Waals surface area contributed by atoms with Gasteiger partial charge in [0.05, 0.1) is 16.6 Å². The van der Waals surface area contributed by atoms with Gasteiger partial charge in [-0.2, -0.15) is 0 Å². The number of hydrogen-bond acceptors (Lipinski definition) is 5. The van der Waals surface area contributed by atoms with Gasteiger partial charge >= 0.3 is 0 Å². The molecule has 0 spiro atoms. The molecule has 166 valence electrons. The van der Waals surface area contributed by atoms with E-state index in [1.165, 1.54) is 22.9 Å². The predicted octanol–water partition coefficient (Wildman–Crippen LogP) is 6.30. The number of rotatable bonds is 4. The minimum atomic E-state index is -0.406. The van der Waals surface area contributed by atoms with Crippen molar-refractivity contribution in [3.05, 3.63) is 89.0 Å². The molecule has 1 aromatic heterocycles. The van der Waals surface area contributed by atoms with Crippen LogP contribution in [0.2, 0.25) is 0 Å². The van der Waals surface area contributed by atoms with Crippen molar-refractivity contribution in [2.24, 2.45) is 0 Å². The molecule has 0 radical (unpaired) electrons. The van der Waals surface area contributed by atoms with E-state index in [-0.39, 0.29) is 5.91 Å². The molecular weight excluding hydrogens is 430 g/mol. The van der Waals surface area contributed by atoms with Gasteiger partial charge in [-0.1, -0.05) is 65.4 Å². The van der Waals surface area contributed by atoms with Crippen LogP contribution < -0.4 is 4.90 Å². The maximum atomic E-state index is 13.8. The zero-order valence-electron chi connectivity index (χ0n) is 18.9. The zero-order chi connectivity index (χ0) is 22.9. The summed E-state index contributed by atoms with van der Waals surface area (Å²) in [5, 5.41) is 8.40. The van der Waals surface area contributed by atoms with Crippen LogP contribution in [-0.4, -0.2) is 21.4 Å². The molecule has 0 N–H and O–H groups in total. The SMILES string of the molecule is Cc1cc(C)cc(-c2nnc(S[C@H](C)C(=O)N3c4ccccc4CCc4ccccc43)o2)c1. The van der Waals surface area contributed by atoms with E-state index in [4.69, 9.17) is 4.42 Å². The summed E-state index contributed by atoms with van der Waals surface area (Å²) in [7, 11) is 0. The molecule has 5 nitrogen and oxygen atoms in total. The Bertz CT molecular complexity index is 1260. The second kappa shape index (κ2) is 8.87. The molecule has 0 unspecified atom stereocenters. The fourth-order valence-electron chi connectivity index (χ4n) is 4.37. The molecule has 1 amide bonds. The highest BCUT2D eigenvalue weighted by Gasteiger charge is 2.30. The van der Waals surface area contributed by atoms with Crippen molar-refractivity contribution in [2.75, 3.05) is 4.90 Å². The highest BCUT2D eigenvalue weighted by molar-refractivity contribution is 8.00. The third-order valence-electron chi connectivity index (χ3n) is 5.85. The van der Waals surface area contributed by atoms with Crippen LogP contribution in [0.5, 0.6) is 0 Å². The smallest absolute Gasteiger partial charge is 0.277 e. The first-order chi connectivity index (χ1) is 16.0. The first kappa shape index (κ1) is 21.5.